The molecule has 0 radical (unpaired) electrons. The molecule has 0 unspecified atom stereocenters. The summed E-state index contributed by atoms with van der Waals surface area (Å²) in [7, 11) is 3.27. The number of benzene rings is 1. The molecule has 0 fully saturated rings. The summed E-state index contributed by atoms with van der Waals surface area (Å²) in [6.45, 7) is 0. The van der Waals surface area contributed by atoms with Gasteiger partial charge >= 0.3 is 0 Å². The van der Waals surface area contributed by atoms with Gasteiger partial charge < -0.3 is 9.47 Å². The van der Waals surface area contributed by atoms with Gasteiger partial charge in [0, 0.05) is 17.8 Å². The topological polar surface area (TPSA) is 31.4 Å². The van der Waals surface area contributed by atoms with Crippen molar-refractivity contribution in [1.29, 1.82) is 0 Å². The highest BCUT2D eigenvalue weighted by molar-refractivity contribution is 5.68. The van der Waals surface area contributed by atoms with Gasteiger partial charge in [-0.2, -0.15) is 0 Å². The Labute approximate surface area is 94.7 Å². The molecule has 0 bridgehead atoms. The van der Waals surface area contributed by atoms with E-state index in [2.05, 4.69) is 4.98 Å². The van der Waals surface area contributed by atoms with Crippen LogP contribution < -0.4 is 9.47 Å². The van der Waals surface area contributed by atoms with Crippen molar-refractivity contribution in [2.75, 3.05) is 14.2 Å². The Balaban J connectivity index is 2.49. The summed E-state index contributed by atoms with van der Waals surface area (Å²) in [5.74, 6) is 1.54. The second kappa shape index (κ2) is 4.66. The largest absolute Gasteiger partial charge is 0.497 e. The first-order valence-electron chi connectivity index (χ1n) is 4.98. The van der Waals surface area contributed by atoms with Gasteiger partial charge in [-0.3, -0.25) is 4.98 Å². The molecule has 1 aromatic heterocycles. The van der Waals surface area contributed by atoms with Crippen molar-refractivity contribution in [3.05, 3.63) is 42.6 Å². The summed E-state index contributed by atoms with van der Waals surface area (Å²) in [5, 5.41) is 0. The summed E-state index contributed by atoms with van der Waals surface area (Å²) in [6.07, 6.45) is 1.76. The predicted octanol–water partition coefficient (Wildman–Crippen LogP) is 2.77. The van der Waals surface area contributed by atoms with Crippen molar-refractivity contribution in [2.45, 2.75) is 0 Å². The normalized spacial score (nSPS) is 9.88. The highest BCUT2D eigenvalue weighted by Gasteiger charge is 2.07. The van der Waals surface area contributed by atoms with Gasteiger partial charge in [0.05, 0.1) is 19.9 Å². The number of hydrogen-bond donors (Lipinski definition) is 0. The Morgan fingerprint density at radius 3 is 2.50 bits per heavy atom. The van der Waals surface area contributed by atoms with Gasteiger partial charge in [0.2, 0.25) is 0 Å². The minimum Gasteiger partial charge on any atom is -0.497 e. The fraction of sp³-hybridized carbons (Fsp3) is 0.154. The summed E-state index contributed by atoms with van der Waals surface area (Å²) in [4.78, 5) is 4.29. The molecule has 0 saturated carbocycles. The van der Waals surface area contributed by atoms with E-state index in [0.717, 1.165) is 22.8 Å². The summed E-state index contributed by atoms with van der Waals surface area (Å²) >= 11 is 0. The molecule has 16 heavy (non-hydrogen) atoms. The van der Waals surface area contributed by atoms with E-state index in [-0.39, 0.29) is 0 Å². The molecule has 2 aromatic rings. The van der Waals surface area contributed by atoms with Crippen LogP contribution >= 0.6 is 0 Å². The summed E-state index contributed by atoms with van der Waals surface area (Å²) in [5.41, 5.74) is 1.85. The molecule has 1 aromatic carbocycles. The average Bonchev–Trinajstić information content (AvgIpc) is 2.39. The van der Waals surface area contributed by atoms with E-state index in [9.17, 15) is 0 Å². The lowest BCUT2D eigenvalue weighted by Crippen LogP contribution is -1.91. The summed E-state index contributed by atoms with van der Waals surface area (Å²) in [6, 6.07) is 11.5. The van der Waals surface area contributed by atoms with E-state index in [0.29, 0.717) is 0 Å². The molecule has 3 heteroatoms. The lowest BCUT2D eigenvalue weighted by atomic mass is 10.1. The van der Waals surface area contributed by atoms with E-state index in [1.807, 2.05) is 36.4 Å². The van der Waals surface area contributed by atoms with Gasteiger partial charge in [-0.25, -0.2) is 0 Å². The van der Waals surface area contributed by atoms with Gasteiger partial charge in [0.25, 0.3) is 0 Å². The Bertz CT molecular complexity index is 469. The standard InChI is InChI=1S/C13H13NO2/c1-15-10-6-7-11(13(9-10)16-2)12-5-3-4-8-14-12/h3-9H,1-2H3. The lowest BCUT2D eigenvalue weighted by molar-refractivity contribution is 0.395. The molecule has 0 saturated heterocycles. The van der Waals surface area contributed by atoms with Gasteiger partial charge in [-0.05, 0) is 24.3 Å². The maximum absolute atomic E-state index is 5.32. The Hall–Kier alpha value is -2.03. The van der Waals surface area contributed by atoms with Gasteiger partial charge in [0.1, 0.15) is 11.5 Å². The molecule has 0 amide bonds. The minimum absolute atomic E-state index is 0.762. The zero-order chi connectivity index (χ0) is 11.4. The zero-order valence-corrected chi connectivity index (χ0v) is 9.31. The quantitative estimate of drug-likeness (QED) is 0.788. The van der Waals surface area contributed by atoms with Crippen LogP contribution in [0.1, 0.15) is 0 Å². The van der Waals surface area contributed by atoms with Crippen LogP contribution in [-0.4, -0.2) is 19.2 Å². The van der Waals surface area contributed by atoms with E-state index in [4.69, 9.17) is 9.47 Å². The van der Waals surface area contributed by atoms with Gasteiger partial charge in [-0.1, -0.05) is 6.07 Å². The maximum atomic E-state index is 5.32. The molecule has 0 aliphatic carbocycles. The van der Waals surface area contributed by atoms with Crippen LogP contribution in [0, 0.1) is 0 Å². The first kappa shape index (κ1) is 10.5. The molecule has 0 atom stereocenters. The first-order chi connectivity index (χ1) is 7.85. The molecule has 0 spiro atoms. The molecule has 0 aliphatic rings. The maximum Gasteiger partial charge on any atom is 0.131 e. The van der Waals surface area contributed by atoms with Crippen LogP contribution in [0.15, 0.2) is 42.6 Å². The number of aromatic nitrogens is 1. The number of methoxy groups -OCH3 is 2. The van der Waals surface area contributed by atoms with Crippen LogP contribution in [0.3, 0.4) is 0 Å². The second-order valence-corrected chi connectivity index (χ2v) is 3.28. The van der Waals surface area contributed by atoms with Crippen molar-refractivity contribution < 1.29 is 9.47 Å². The van der Waals surface area contributed by atoms with Crippen LogP contribution in [0.25, 0.3) is 11.3 Å². The third kappa shape index (κ3) is 1.98. The fourth-order valence-corrected chi connectivity index (χ4v) is 1.53. The summed E-state index contributed by atoms with van der Waals surface area (Å²) < 4.78 is 10.5. The van der Waals surface area contributed by atoms with E-state index >= 15 is 0 Å². The molecule has 0 aliphatic heterocycles. The number of pyridine rings is 1. The van der Waals surface area contributed by atoms with E-state index in [1.54, 1.807) is 20.4 Å². The Kier molecular flexibility index (Phi) is 3.05. The molecule has 1 heterocycles. The average molecular weight is 215 g/mol. The smallest absolute Gasteiger partial charge is 0.131 e. The molecule has 82 valence electrons. The van der Waals surface area contributed by atoms with E-state index < -0.39 is 0 Å². The van der Waals surface area contributed by atoms with Crippen molar-refractivity contribution in [2.24, 2.45) is 0 Å². The van der Waals surface area contributed by atoms with E-state index in [1.165, 1.54) is 0 Å². The second-order valence-electron chi connectivity index (χ2n) is 3.28. The molecule has 0 N–H and O–H groups in total. The number of nitrogens with zero attached hydrogens (tertiary/aromatic N) is 1. The van der Waals surface area contributed by atoms with Crippen LogP contribution in [0.4, 0.5) is 0 Å². The van der Waals surface area contributed by atoms with Gasteiger partial charge in [0.15, 0.2) is 0 Å². The number of ether oxygens (including phenoxy) is 2. The minimum atomic E-state index is 0.762. The Morgan fingerprint density at radius 2 is 1.88 bits per heavy atom. The fourth-order valence-electron chi connectivity index (χ4n) is 1.53. The van der Waals surface area contributed by atoms with Crippen molar-refractivity contribution in [3.8, 4) is 22.8 Å². The van der Waals surface area contributed by atoms with Crippen LogP contribution in [0.5, 0.6) is 11.5 Å². The number of rotatable bonds is 3. The molecular formula is C13H13NO2. The van der Waals surface area contributed by atoms with Crippen LogP contribution in [0.2, 0.25) is 0 Å². The predicted molar refractivity (Wildman–Crippen MR) is 62.8 cm³/mol. The third-order valence-electron chi connectivity index (χ3n) is 2.35. The SMILES string of the molecule is COc1ccc(-c2ccccn2)c(OC)c1. The van der Waals surface area contributed by atoms with Gasteiger partial charge in [-0.15, -0.1) is 0 Å². The van der Waals surface area contributed by atoms with Crippen LogP contribution in [-0.2, 0) is 0 Å². The lowest BCUT2D eigenvalue weighted by Gasteiger charge is -2.09. The molecule has 3 nitrogen and oxygen atoms in total. The highest BCUT2D eigenvalue weighted by Crippen LogP contribution is 2.31. The monoisotopic (exact) mass is 215 g/mol. The number of hydrogen-bond acceptors (Lipinski definition) is 3. The van der Waals surface area contributed by atoms with Crippen molar-refractivity contribution >= 4 is 0 Å². The highest BCUT2D eigenvalue weighted by atomic mass is 16.5. The Morgan fingerprint density at radius 1 is 1.00 bits per heavy atom. The molecular weight excluding hydrogens is 202 g/mol. The first-order valence-corrected chi connectivity index (χ1v) is 4.98. The third-order valence-corrected chi connectivity index (χ3v) is 2.35. The van der Waals surface area contributed by atoms with Crippen molar-refractivity contribution in [3.63, 3.8) is 0 Å². The van der Waals surface area contributed by atoms with Crippen molar-refractivity contribution in [1.82, 2.24) is 4.98 Å². The zero-order valence-electron chi connectivity index (χ0n) is 9.31. The molecule has 2 rings (SSSR count).